The number of nitriles is 1. The quantitative estimate of drug-likeness (QED) is 0.753. The fourth-order valence-corrected chi connectivity index (χ4v) is 3.28. The van der Waals surface area contributed by atoms with Crippen LogP contribution in [0, 0.1) is 18.3 Å². The molecule has 0 bridgehead atoms. The van der Waals surface area contributed by atoms with Gasteiger partial charge in [0.25, 0.3) is 0 Å². The van der Waals surface area contributed by atoms with Crippen molar-refractivity contribution in [3.05, 3.63) is 29.3 Å². The van der Waals surface area contributed by atoms with Crippen molar-refractivity contribution in [2.45, 2.75) is 38.0 Å². The molecule has 0 saturated carbocycles. The number of hydrogen-bond donors (Lipinski definition) is 0. The van der Waals surface area contributed by atoms with Gasteiger partial charge in [0.2, 0.25) is 10.0 Å². The Bertz CT molecular complexity index is 574. The van der Waals surface area contributed by atoms with Crippen LogP contribution in [0.4, 0.5) is 0 Å². The Labute approximate surface area is 115 Å². The van der Waals surface area contributed by atoms with Crippen LogP contribution in [0.1, 0.15) is 37.3 Å². The minimum atomic E-state index is -3.50. The Kier molecular flexibility index (Phi) is 5.52. The lowest BCUT2D eigenvalue weighted by Crippen LogP contribution is -2.28. The van der Waals surface area contributed by atoms with Crippen molar-refractivity contribution in [2.24, 2.45) is 0 Å². The zero-order valence-electron chi connectivity index (χ0n) is 11.7. The van der Waals surface area contributed by atoms with Crippen molar-refractivity contribution in [1.82, 2.24) is 4.31 Å². The summed E-state index contributed by atoms with van der Waals surface area (Å²) >= 11 is 0. The van der Waals surface area contributed by atoms with E-state index in [1.807, 2.05) is 6.07 Å². The van der Waals surface area contributed by atoms with E-state index < -0.39 is 10.0 Å². The summed E-state index contributed by atoms with van der Waals surface area (Å²) in [4.78, 5) is 0.227. The Hall–Kier alpha value is -1.38. The molecule has 0 atom stereocenters. The summed E-state index contributed by atoms with van der Waals surface area (Å²) in [6, 6.07) is 6.72. The summed E-state index contributed by atoms with van der Waals surface area (Å²) in [6.07, 6.45) is 2.91. The molecule has 0 N–H and O–H groups in total. The third-order valence-corrected chi connectivity index (χ3v) is 5.08. The predicted octanol–water partition coefficient (Wildman–Crippen LogP) is 2.68. The Morgan fingerprint density at radius 2 is 2.00 bits per heavy atom. The number of rotatable bonds is 6. The molecule has 104 valence electrons. The van der Waals surface area contributed by atoms with E-state index in [-0.39, 0.29) is 4.90 Å². The van der Waals surface area contributed by atoms with Gasteiger partial charge < -0.3 is 0 Å². The van der Waals surface area contributed by atoms with Crippen LogP contribution in [0.15, 0.2) is 23.1 Å². The monoisotopic (exact) mass is 280 g/mol. The smallest absolute Gasteiger partial charge is 0.207 e. The van der Waals surface area contributed by atoms with Crippen LogP contribution in [0.2, 0.25) is 0 Å². The third kappa shape index (κ3) is 3.79. The van der Waals surface area contributed by atoms with E-state index >= 15 is 0 Å². The van der Waals surface area contributed by atoms with E-state index in [4.69, 9.17) is 5.26 Å². The minimum absolute atomic E-state index is 0.227. The first-order chi connectivity index (χ1) is 8.93. The lowest BCUT2D eigenvalue weighted by atomic mass is 10.2. The molecule has 0 fully saturated rings. The highest BCUT2D eigenvalue weighted by molar-refractivity contribution is 7.89. The Balaban J connectivity index is 3.03. The summed E-state index contributed by atoms with van der Waals surface area (Å²) in [5.41, 5.74) is 1.03. The van der Waals surface area contributed by atoms with Crippen molar-refractivity contribution >= 4 is 10.0 Å². The van der Waals surface area contributed by atoms with Gasteiger partial charge in [0.15, 0.2) is 0 Å². The molecule has 0 spiro atoms. The zero-order chi connectivity index (χ0) is 14.5. The van der Waals surface area contributed by atoms with Gasteiger partial charge in [-0.15, -0.1) is 0 Å². The molecule has 1 aromatic carbocycles. The maximum Gasteiger partial charge on any atom is 0.243 e. The standard InChI is InChI=1S/C14H20N2O2S/c1-4-5-6-9-16(3)19(17,18)14-10-13(11-15)8-7-12(14)2/h7-8,10H,4-6,9H2,1-3H3. The number of sulfonamides is 1. The first kappa shape index (κ1) is 15.7. The maximum atomic E-state index is 12.4. The van der Waals surface area contributed by atoms with Gasteiger partial charge in [0, 0.05) is 13.6 Å². The lowest BCUT2D eigenvalue weighted by molar-refractivity contribution is 0.454. The minimum Gasteiger partial charge on any atom is -0.207 e. The first-order valence-corrected chi connectivity index (χ1v) is 7.84. The molecule has 0 aliphatic rings. The van der Waals surface area contributed by atoms with E-state index in [9.17, 15) is 8.42 Å². The van der Waals surface area contributed by atoms with Crippen molar-refractivity contribution in [2.75, 3.05) is 13.6 Å². The molecule has 1 aromatic rings. The van der Waals surface area contributed by atoms with E-state index in [1.54, 1.807) is 26.1 Å². The molecule has 0 saturated heterocycles. The summed E-state index contributed by atoms with van der Waals surface area (Å²) in [6.45, 7) is 4.33. The zero-order valence-corrected chi connectivity index (χ0v) is 12.5. The second-order valence-electron chi connectivity index (χ2n) is 4.63. The topological polar surface area (TPSA) is 61.2 Å². The van der Waals surface area contributed by atoms with Gasteiger partial charge in [0.05, 0.1) is 16.5 Å². The average molecular weight is 280 g/mol. The molecular weight excluding hydrogens is 260 g/mol. The molecule has 0 radical (unpaired) electrons. The summed E-state index contributed by atoms with van der Waals surface area (Å²) in [5, 5.41) is 8.87. The SMILES string of the molecule is CCCCCN(C)S(=O)(=O)c1cc(C#N)ccc1C. The second kappa shape index (κ2) is 6.69. The average Bonchev–Trinajstić information content (AvgIpc) is 2.39. The predicted molar refractivity (Wildman–Crippen MR) is 75.2 cm³/mol. The van der Waals surface area contributed by atoms with E-state index in [2.05, 4.69) is 6.92 Å². The van der Waals surface area contributed by atoms with Crippen molar-refractivity contribution in [1.29, 1.82) is 5.26 Å². The van der Waals surface area contributed by atoms with Gasteiger partial charge in [-0.05, 0) is 31.0 Å². The largest absolute Gasteiger partial charge is 0.243 e. The first-order valence-electron chi connectivity index (χ1n) is 6.40. The van der Waals surface area contributed by atoms with E-state index in [0.29, 0.717) is 17.7 Å². The van der Waals surface area contributed by atoms with Gasteiger partial charge in [-0.25, -0.2) is 12.7 Å². The van der Waals surface area contributed by atoms with Gasteiger partial charge in [0.1, 0.15) is 0 Å². The molecule has 19 heavy (non-hydrogen) atoms. The highest BCUT2D eigenvalue weighted by Gasteiger charge is 2.22. The van der Waals surface area contributed by atoms with Crippen LogP contribution in [0.5, 0.6) is 0 Å². The van der Waals surface area contributed by atoms with E-state index in [0.717, 1.165) is 19.3 Å². The van der Waals surface area contributed by atoms with Crippen LogP contribution in [-0.4, -0.2) is 26.3 Å². The molecule has 5 heteroatoms. The fourth-order valence-electron chi connectivity index (χ4n) is 1.82. The Morgan fingerprint density at radius 1 is 1.32 bits per heavy atom. The van der Waals surface area contributed by atoms with Crippen LogP contribution < -0.4 is 0 Å². The summed E-state index contributed by atoms with van der Waals surface area (Å²) in [5.74, 6) is 0. The molecule has 1 rings (SSSR count). The number of nitrogens with zero attached hydrogens (tertiary/aromatic N) is 2. The highest BCUT2D eigenvalue weighted by atomic mass is 32.2. The molecule has 0 amide bonds. The number of hydrogen-bond acceptors (Lipinski definition) is 3. The normalized spacial score (nSPS) is 11.5. The number of benzene rings is 1. The van der Waals surface area contributed by atoms with Crippen LogP contribution in [0.3, 0.4) is 0 Å². The van der Waals surface area contributed by atoms with Gasteiger partial charge in [-0.2, -0.15) is 5.26 Å². The van der Waals surface area contributed by atoms with Crippen LogP contribution >= 0.6 is 0 Å². The molecule has 0 aromatic heterocycles. The number of unbranched alkanes of at least 4 members (excludes halogenated alkanes) is 2. The number of aryl methyl sites for hydroxylation is 1. The van der Waals surface area contributed by atoms with Gasteiger partial charge >= 0.3 is 0 Å². The molecule has 0 aliphatic carbocycles. The highest BCUT2D eigenvalue weighted by Crippen LogP contribution is 2.20. The summed E-state index contributed by atoms with van der Waals surface area (Å²) in [7, 11) is -1.91. The van der Waals surface area contributed by atoms with Crippen molar-refractivity contribution in [3.8, 4) is 6.07 Å². The second-order valence-corrected chi connectivity index (χ2v) is 6.64. The third-order valence-electron chi connectivity index (χ3n) is 3.08. The fraction of sp³-hybridized carbons (Fsp3) is 0.500. The van der Waals surface area contributed by atoms with Crippen molar-refractivity contribution < 1.29 is 8.42 Å². The summed E-state index contributed by atoms with van der Waals surface area (Å²) < 4.78 is 26.2. The van der Waals surface area contributed by atoms with Gasteiger partial charge in [-0.3, -0.25) is 0 Å². The maximum absolute atomic E-state index is 12.4. The molecular formula is C14H20N2O2S. The molecule has 4 nitrogen and oxygen atoms in total. The lowest BCUT2D eigenvalue weighted by Gasteiger charge is -2.18. The van der Waals surface area contributed by atoms with Crippen LogP contribution in [0.25, 0.3) is 0 Å². The molecule has 0 heterocycles. The van der Waals surface area contributed by atoms with Gasteiger partial charge in [-0.1, -0.05) is 25.8 Å². The van der Waals surface area contributed by atoms with E-state index in [1.165, 1.54) is 10.4 Å². The molecule has 0 unspecified atom stereocenters. The van der Waals surface area contributed by atoms with Crippen molar-refractivity contribution in [3.63, 3.8) is 0 Å². The van der Waals surface area contributed by atoms with Crippen LogP contribution in [-0.2, 0) is 10.0 Å². The Morgan fingerprint density at radius 3 is 2.58 bits per heavy atom. The molecule has 0 aliphatic heterocycles.